The molecule has 0 bridgehead atoms. The van der Waals surface area contributed by atoms with Crippen molar-refractivity contribution in [2.75, 3.05) is 19.8 Å². The lowest BCUT2D eigenvalue weighted by molar-refractivity contribution is -0.155. The minimum Gasteiger partial charge on any atom is -0.490 e. The van der Waals surface area contributed by atoms with E-state index in [-0.39, 0.29) is 11.7 Å². The lowest BCUT2D eigenvalue weighted by Crippen LogP contribution is -2.47. The van der Waals surface area contributed by atoms with E-state index in [1.165, 1.54) is 0 Å². The molecule has 2 fully saturated rings. The van der Waals surface area contributed by atoms with Gasteiger partial charge in [-0.3, -0.25) is 0 Å². The molecule has 0 N–H and O–H groups in total. The van der Waals surface area contributed by atoms with Crippen molar-refractivity contribution in [2.24, 2.45) is 0 Å². The molecule has 1 spiro atoms. The standard InChI is InChI=1S/C16H20Cl2O3/c17-11-12-9-13(18)1-2-15(12)21-14-3-6-20-16(10-14)4-7-19-8-5-16/h1-2,9,14H,3-8,10-11H2. The van der Waals surface area contributed by atoms with Crippen molar-refractivity contribution in [1.82, 2.24) is 0 Å². The van der Waals surface area contributed by atoms with Gasteiger partial charge in [-0.15, -0.1) is 11.6 Å². The molecule has 0 aliphatic carbocycles. The summed E-state index contributed by atoms with van der Waals surface area (Å²) in [4.78, 5) is 0. The molecule has 1 aromatic rings. The molecule has 5 heteroatoms. The summed E-state index contributed by atoms with van der Waals surface area (Å²) in [5, 5.41) is 0.686. The fourth-order valence-electron chi connectivity index (χ4n) is 3.12. The first-order chi connectivity index (χ1) is 10.2. The van der Waals surface area contributed by atoms with E-state index in [1.54, 1.807) is 0 Å². The van der Waals surface area contributed by atoms with Crippen molar-refractivity contribution in [2.45, 2.75) is 43.3 Å². The van der Waals surface area contributed by atoms with Crippen LogP contribution in [0, 0.1) is 0 Å². The van der Waals surface area contributed by atoms with Crippen molar-refractivity contribution in [3.63, 3.8) is 0 Å². The second-order valence-corrected chi connectivity index (χ2v) is 6.47. The van der Waals surface area contributed by atoms with Crippen LogP contribution in [-0.4, -0.2) is 31.5 Å². The molecule has 0 amide bonds. The van der Waals surface area contributed by atoms with Gasteiger partial charge in [0.15, 0.2) is 0 Å². The molecule has 1 unspecified atom stereocenters. The molecular weight excluding hydrogens is 311 g/mol. The summed E-state index contributed by atoms with van der Waals surface area (Å²) in [6.07, 6.45) is 3.90. The zero-order valence-corrected chi connectivity index (χ0v) is 13.5. The van der Waals surface area contributed by atoms with Crippen LogP contribution in [0.5, 0.6) is 5.75 Å². The van der Waals surface area contributed by atoms with E-state index in [9.17, 15) is 0 Å². The van der Waals surface area contributed by atoms with Gasteiger partial charge in [-0.2, -0.15) is 0 Å². The number of benzene rings is 1. The van der Waals surface area contributed by atoms with Gasteiger partial charge in [0.2, 0.25) is 0 Å². The minimum atomic E-state index is -0.0608. The molecule has 0 aromatic heterocycles. The predicted octanol–water partition coefficient (Wildman–Crippen LogP) is 4.19. The second-order valence-electron chi connectivity index (χ2n) is 5.76. The maximum atomic E-state index is 6.20. The Morgan fingerprint density at radius 3 is 2.81 bits per heavy atom. The van der Waals surface area contributed by atoms with Gasteiger partial charge in [-0.05, 0) is 31.0 Å². The van der Waals surface area contributed by atoms with Crippen LogP contribution < -0.4 is 4.74 Å². The van der Waals surface area contributed by atoms with Gasteiger partial charge in [0, 0.05) is 36.6 Å². The molecule has 0 radical (unpaired) electrons. The largest absolute Gasteiger partial charge is 0.490 e. The topological polar surface area (TPSA) is 27.7 Å². The van der Waals surface area contributed by atoms with Gasteiger partial charge in [0.1, 0.15) is 11.9 Å². The molecule has 1 atom stereocenters. The van der Waals surface area contributed by atoms with Crippen molar-refractivity contribution in [1.29, 1.82) is 0 Å². The normalized spacial score (nSPS) is 25.0. The van der Waals surface area contributed by atoms with E-state index in [1.807, 2.05) is 18.2 Å². The van der Waals surface area contributed by atoms with Crippen molar-refractivity contribution in [3.05, 3.63) is 28.8 Å². The highest BCUT2D eigenvalue weighted by Crippen LogP contribution is 2.36. The molecule has 116 valence electrons. The van der Waals surface area contributed by atoms with Gasteiger partial charge >= 0.3 is 0 Å². The lowest BCUT2D eigenvalue weighted by atomic mass is 9.85. The van der Waals surface area contributed by atoms with Crippen molar-refractivity contribution < 1.29 is 14.2 Å². The molecule has 2 aliphatic rings. The second kappa shape index (κ2) is 6.74. The summed E-state index contributed by atoms with van der Waals surface area (Å²) in [5.74, 6) is 1.24. The number of hydrogen-bond acceptors (Lipinski definition) is 3. The number of rotatable bonds is 3. The smallest absolute Gasteiger partial charge is 0.124 e. The minimum absolute atomic E-state index is 0.0608. The van der Waals surface area contributed by atoms with Gasteiger partial charge in [-0.1, -0.05) is 11.6 Å². The molecule has 3 nitrogen and oxygen atoms in total. The Kier molecular flexibility index (Phi) is 4.95. The molecule has 2 aliphatic heterocycles. The van der Waals surface area contributed by atoms with Crippen LogP contribution in [0.15, 0.2) is 18.2 Å². The number of halogens is 2. The Labute approximate surface area is 135 Å². The molecule has 1 aromatic carbocycles. The number of hydrogen-bond donors (Lipinski definition) is 0. The Morgan fingerprint density at radius 1 is 1.24 bits per heavy atom. The lowest BCUT2D eigenvalue weighted by Gasteiger charge is -2.43. The summed E-state index contributed by atoms with van der Waals surface area (Å²) in [6, 6.07) is 5.62. The first kappa shape index (κ1) is 15.4. The van der Waals surface area contributed by atoms with E-state index >= 15 is 0 Å². The molecule has 0 saturated carbocycles. The summed E-state index contributed by atoms with van der Waals surface area (Å²) in [6.45, 7) is 2.30. The molecular formula is C16H20Cl2O3. The van der Waals surface area contributed by atoms with Crippen LogP contribution in [0.3, 0.4) is 0 Å². The SMILES string of the molecule is ClCc1cc(Cl)ccc1OC1CCOC2(CCOCC2)C1. The monoisotopic (exact) mass is 330 g/mol. The Hall–Kier alpha value is -0.480. The van der Waals surface area contributed by atoms with Gasteiger partial charge in [-0.25, -0.2) is 0 Å². The van der Waals surface area contributed by atoms with E-state index in [0.717, 1.165) is 56.8 Å². The van der Waals surface area contributed by atoms with E-state index in [0.29, 0.717) is 10.9 Å². The summed E-state index contributed by atoms with van der Waals surface area (Å²) in [5.41, 5.74) is 0.881. The van der Waals surface area contributed by atoms with Gasteiger partial charge in [0.25, 0.3) is 0 Å². The first-order valence-corrected chi connectivity index (χ1v) is 8.35. The average Bonchev–Trinajstić information content (AvgIpc) is 2.50. The third-order valence-corrected chi connectivity index (χ3v) is 4.83. The quantitative estimate of drug-likeness (QED) is 0.778. The summed E-state index contributed by atoms with van der Waals surface area (Å²) < 4.78 is 17.7. The molecule has 2 heterocycles. The van der Waals surface area contributed by atoms with Crippen LogP contribution in [0.4, 0.5) is 0 Å². The zero-order valence-electron chi connectivity index (χ0n) is 11.9. The summed E-state index contributed by atoms with van der Waals surface area (Å²) >= 11 is 12.0. The van der Waals surface area contributed by atoms with E-state index in [2.05, 4.69) is 0 Å². The van der Waals surface area contributed by atoms with Crippen LogP contribution >= 0.6 is 23.2 Å². The van der Waals surface area contributed by atoms with Crippen LogP contribution in [0.1, 0.15) is 31.2 Å². The Balaban J connectivity index is 1.70. The fourth-order valence-corrected chi connectivity index (χ4v) is 3.53. The average molecular weight is 331 g/mol. The third kappa shape index (κ3) is 3.65. The highest BCUT2D eigenvalue weighted by molar-refractivity contribution is 6.30. The molecule has 2 saturated heterocycles. The van der Waals surface area contributed by atoms with E-state index < -0.39 is 0 Å². The van der Waals surface area contributed by atoms with Gasteiger partial charge in [0.05, 0.1) is 18.1 Å². The maximum Gasteiger partial charge on any atom is 0.124 e. The highest BCUT2D eigenvalue weighted by Gasteiger charge is 2.40. The zero-order chi connectivity index (χ0) is 14.7. The van der Waals surface area contributed by atoms with E-state index in [4.69, 9.17) is 37.4 Å². The number of alkyl halides is 1. The van der Waals surface area contributed by atoms with Crippen LogP contribution in [0.2, 0.25) is 5.02 Å². The van der Waals surface area contributed by atoms with Gasteiger partial charge < -0.3 is 14.2 Å². The maximum absolute atomic E-state index is 6.20. The van der Waals surface area contributed by atoms with Crippen molar-refractivity contribution in [3.8, 4) is 5.75 Å². The first-order valence-electron chi connectivity index (χ1n) is 7.43. The Morgan fingerprint density at radius 2 is 2.05 bits per heavy atom. The Bertz CT molecular complexity index is 481. The number of ether oxygens (including phenoxy) is 3. The predicted molar refractivity (Wildman–Crippen MR) is 83.4 cm³/mol. The third-order valence-electron chi connectivity index (χ3n) is 4.31. The molecule has 21 heavy (non-hydrogen) atoms. The fraction of sp³-hybridized carbons (Fsp3) is 0.625. The van der Waals surface area contributed by atoms with Crippen LogP contribution in [0.25, 0.3) is 0 Å². The highest BCUT2D eigenvalue weighted by atomic mass is 35.5. The summed E-state index contributed by atoms with van der Waals surface area (Å²) in [7, 11) is 0. The molecule has 3 rings (SSSR count). The van der Waals surface area contributed by atoms with Crippen LogP contribution in [-0.2, 0) is 15.4 Å². The van der Waals surface area contributed by atoms with Crippen molar-refractivity contribution >= 4 is 23.2 Å².